The molecule has 0 bridgehead atoms. The summed E-state index contributed by atoms with van der Waals surface area (Å²) >= 11 is 0. The van der Waals surface area contributed by atoms with Crippen LogP contribution in [-0.4, -0.2) is 24.8 Å². The maximum atomic E-state index is 13.1. The first-order valence-corrected chi connectivity index (χ1v) is 6.00. The van der Waals surface area contributed by atoms with Crippen molar-refractivity contribution in [2.45, 2.75) is 25.4 Å². The second-order valence-corrected chi connectivity index (χ2v) is 4.78. The molecule has 18 heavy (non-hydrogen) atoms. The van der Waals surface area contributed by atoms with E-state index in [4.69, 9.17) is 10.5 Å². The minimum Gasteiger partial charge on any atom is -0.441 e. The van der Waals surface area contributed by atoms with Crippen molar-refractivity contribution in [2.24, 2.45) is 5.73 Å². The Hall–Kier alpha value is -1.62. The van der Waals surface area contributed by atoms with Crippen molar-refractivity contribution in [3.8, 4) is 0 Å². The number of nitrogens with two attached hydrogens (primary N) is 1. The summed E-state index contributed by atoms with van der Waals surface area (Å²) in [5.74, 6) is -0.365. The molecule has 2 rings (SSSR count). The Morgan fingerprint density at radius 1 is 1.56 bits per heavy atom. The summed E-state index contributed by atoms with van der Waals surface area (Å²) in [6.45, 7) is 2.86. The van der Waals surface area contributed by atoms with E-state index in [1.807, 2.05) is 6.92 Å². The van der Waals surface area contributed by atoms with Crippen LogP contribution < -0.4 is 10.6 Å². The second-order valence-electron chi connectivity index (χ2n) is 4.78. The monoisotopic (exact) mass is 252 g/mol. The first-order valence-electron chi connectivity index (χ1n) is 6.00. The van der Waals surface area contributed by atoms with E-state index >= 15 is 0 Å². The number of hydrogen-bond acceptors (Lipinski definition) is 3. The van der Waals surface area contributed by atoms with E-state index in [1.165, 1.54) is 17.0 Å². The fourth-order valence-electron chi connectivity index (χ4n) is 2.14. The van der Waals surface area contributed by atoms with Gasteiger partial charge in [0.15, 0.2) is 0 Å². The predicted octanol–water partition coefficient (Wildman–Crippen LogP) is 2.28. The van der Waals surface area contributed by atoms with E-state index in [9.17, 15) is 9.18 Å². The van der Waals surface area contributed by atoms with Crippen molar-refractivity contribution in [1.82, 2.24) is 0 Å². The first kappa shape index (κ1) is 12.8. The van der Waals surface area contributed by atoms with Gasteiger partial charge in [-0.15, -0.1) is 0 Å². The Morgan fingerprint density at radius 2 is 2.33 bits per heavy atom. The van der Waals surface area contributed by atoms with Crippen LogP contribution in [0.2, 0.25) is 0 Å². The SMILES string of the molecule is CC1(CCCN)CN(c2cccc(F)c2)C(=O)O1. The summed E-state index contributed by atoms with van der Waals surface area (Å²) in [5, 5.41) is 0. The van der Waals surface area contributed by atoms with E-state index in [2.05, 4.69) is 0 Å². The van der Waals surface area contributed by atoms with Crippen molar-refractivity contribution in [3.63, 3.8) is 0 Å². The predicted molar refractivity (Wildman–Crippen MR) is 66.9 cm³/mol. The highest BCUT2D eigenvalue weighted by Crippen LogP contribution is 2.31. The van der Waals surface area contributed by atoms with Gasteiger partial charge in [-0.05, 0) is 44.5 Å². The lowest BCUT2D eigenvalue weighted by Crippen LogP contribution is -2.32. The number of nitrogens with zero attached hydrogens (tertiary/aromatic N) is 1. The van der Waals surface area contributed by atoms with Crippen LogP contribution in [0.5, 0.6) is 0 Å². The Bertz CT molecular complexity index is 452. The molecule has 1 aromatic rings. The largest absolute Gasteiger partial charge is 0.441 e. The highest BCUT2D eigenvalue weighted by molar-refractivity contribution is 5.90. The minimum atomic E-state index is -0.539. The fourth-order valence-corrected chi connectivity index (χ4v) is 2.14. The molecule has 0 spiro atoms. The Labute approximate surface area is 106 Å². The number of carbonyl (C=O) groups is 1. The summed E-state index contributed by atoms with van der Waals surface area (Å²) in [4.78, 5) is 13.3. The van der Waals surface area contributed by atoms with Gasteiger partial charge in [0, 0.05) is 0 Å². The average molecular weight is 252 g/mol. The van der Waals surface area contributed by atoms with E-state index in [-0.39, 0.29) is 5.82 Å². The van der Waals surface area contributed by atoms with Gasteiger partial charge >= 0.3 is 6.09 Å². The number of anilines is 1. The van der Waals surface area contributed by atoms with Gasteiger partial charge in [0.25, 0.3) is 0 Å². The van der Waals surface area contributed by atoms with Gasteiger partial charge in [-0.3, -0.25) is 4.90 Å². The van der Waals surface area contributed by atoms with Crippen LogP contribution in [0.15, 0.2) is 24.3 Å². The molecule has 5 heteroatoms. The molecule has 1 amide bonds. The molecule has 1 heterocycles. The van der Waals surface area contributed by atoms with Crippen LogP contribution in [0.25, 0.3) is 0 Å². The van der Waals surface area contributed by atoms with Crippen molar-refractivity contribution < 1.29 is 13.9 Å². The van der Waals surface area contributed by atoms with E-state index in [0.717, 1.165) is 6.42 Å². The fraction of sp³-hybridized carbons (Fsp3) is 0.462. The normalized spacial score (nSPS) is 23.3. The second kappa shape index (κ2) is 4.94. The molecule has 1 saturated heterocycles. The van der Waals surface area contributed by atoms with Crippen LogP contribution >= 0.6 is 0 Å². The van der Waals surface area contributed by atoms with Gasteiger partial charge in [-0.25, -0.2) is 9.18 Å². The van der Waals surface area contributed by atoms with Crippen LogP contribution in [0.4, 0.5) is 14.9 Å². The van der Waals surface area contributed by atoms with E-state index in [1.54, 1.807) is 12.1 Å². The lowest BCUT2D eigenvalue weighted by molar-refractivity contribution is 0.0640. The van der Waals surface area contributed by atoms with Crippen LogP contribution in [0.3, 0.4) is 0 Å². The molecule has 1 atom stereocenters. The zero-order valence-corrected chi connectivity index (χ0v) is 10.4. The first-order chi connectivity index (χ1) is 8.54. The van der Waals surface area contributed by atoms with Gasteiger partial charge < -0.3 is 10.5 Å². The van der Waals surface area contributed by atoms with Crippen LogP contribution in [0, 0.1) is 5.82 Å². The molecular formula is C13H17FN2O2. The van der Waals surface area contributed by atoms with Crippen LogP contribution in [0.1, 0.15) is 19.8 Å². The quantitative estimate of drug-likeness (QED) is 0.894. The number of hydrogen-bond donors (Lipinski definition) is 1. The summed E-state index contributed by atoms with van der Waals surface area (Å²) in [7, 11) is 0. The zero-order chi connectivity index (χ0) is 13.2. The Balaban J connectivity index is 2.14. The smallest absolute Gasteiger partial charge is 0.415 e. The number of halogens is 1. The van der Waals surface area contributed by atoms with Gasteiger partial charge in [0.2, 0.25) is 0 Å². The molecule has 98 valence electrons. The van der Waals surface area contributed by atoms with Gasteiger partial charge in [-0.2, -0.15) is 0 Å². The lowest BCUT2D eigenvalue weighted by atomic mass is 10.00. The number of benzene rings is 1. The molecule has 0 radical (unpaired) electrons. The zero-order valence-electron chi connectivity index (χ0n) is 10.4. The molecule has 0 aromatic heterocycles. The minimum absolute atomic E-state index is 0.365. The standard InChI is InChI=1S/C13H17FN2O2/c1-13(6-3-7-15)9-16(12(17)18-13)11-5-2-4-10(14)8-11/h2,4-5,8H,3,6-7,9,15H2,1H3. The molecule has 0 saturated carbocycles. The highest BCUT2D eigenvalue weighted by atomic mass is 19.1. The molecule has 0 aliphatic carbocycles. The summed E-state index contributed by atoms with van der Waals surface area (Å²) in [6, 6.07) is 5.95. The lowest BCUT2D eigenvalue weighted by Gasteiger charge is -2.21. The third kappa shape index (κ3) is 2.61. The van der Waals surface area contributed by atoms with Gasteiger partial charge in [-0.1, -0.05) is 6.07 Å². The van der Waals surface area contributed by atoms with Gasteiger partial charge in [0.1, 0.15) is 11.4 Å². The number of cyclic esters (lactones) is 1. The number of amides is 1. The third-order valence-corrected chi connectivity index (χ3v) is 3.08. The average Bonchev–Trinajstić information content (AvgIpc) is 2.63. The van der Waals surface area contributed by atoms with Gasteiger partial charge in [0.05, 0.1) is 12.2 Å². The molecule has 1 aliphatic rings. The van der Waals surface area contributed by atoms with Crippen LogP contribution in [-0.2, 0) is 4.74 Å². The molecular weight excluding hydrogens is 235 g/mol. The molecule has 1 unspecified atom stereocenters. The maximum absolute atomic E-state index is 13.1. The van der Waals surface area contributed by atoms with Crippen molar-refractivity contribution in [3.05, 3.63) is 30.1 Å². The Morgan fingerprint density at radius 3 is 3.00 bits per heavy atom. The molecule has 1 aliphatic heterocycles. The van der Waals surface area contributed by atoms with E-state index in [0.29, 0.717) is 25.2 Å². The molecule has 2 N–H and O–H groups in total. The highest BCUT2D eigenvalue weighted by Gasteiger charge is 2.41. The Kier molecular flexibility index (Phi) is 3.52. The topological polar surface area (TPSA) is 55.6 Å². The molecule has 1 fully saturated rings. The summed E-state index contributed by atoms with van der Waals surface area (Å²) < 4.78 is 18.5. The summed E-state index contributed by atoms with van der Waals surface area (Å²) in [5.41, 5.74) is 5.45. The number of carbonyl (C=O) groups excluding carboxylic acids is 1. The maximum Gasteiger partial charge on any atom is 0.415 e. The summed E-state index contributed by atoms with van der Waals surface area (Å²) in [6.07, 6.45) is 1.07. The number of rotatable bonds is 4. The molecule has 4 nitrogen and oxygen atoms in total. The number of ether oxygens (including phenoxy) is 1. The van der Waals surface area contributed by atoms with Crippen molar-refractivity contribution >= 4 is 11.8 Å². The molecule has 1 aromatic carbocycles. The van der Waals surface area contributed by atoms with Crippen molar-refractivity contribution in [2.75, 3.05) is 18.0 Å². The van der Waals surface area contributed by atoms with E-state index < -0.39 is 11.7 Å². The third-order valence-electron chi connectivity index (χ3n) is 3.08. The van der Waals surface area contributed by atoms with Crippen molar-refractivity contribution in [1.29, 1.82) is 0 Å².